The number of benzene rings is 1. The number of hydroxylamine groups is 1. The molecule has 1 N–H and O–H groups in total. The van der Waals surface area contributed by atoms with E-state index in [2.05, 4.69) is 50.3 Å². The smallest absolute Gasteiger partial charge is 0.278 e. The van der Waals surface area contributed by atoms with Gasteiger partial charge in [-0.2, -0.15) is 0 Å². The van der Waals surface area contributed by atoms with Gasteiger partial charge in [-0.3, -0.25) is 4.79 Å². The number of nitrogens with one attached hydrogen (secondary N) is 1. The molecular formula is C28H35N5O5. The molecule has 2 fully saturated rings. The fraction of sp³-hybridized carbons (Fsp3) is 0.536. The topological polar surface area (TPSA) is 100.0 Å². The summed E-state index contributed by atoms with van der Waals surface area (Å²) in [5.41, 5.74) is 5.38. The molecule has 0 saturated carbocycles. The number of anilines is 1. The van der Waals surface area contributed by atoms with Gasteiger partial charge in [-0.25, -0.2) is 20.3 Å². The van der Waals surface area contributed by atoms with Crippen molar-refractivity contribution in [3.8, 4) is 11.5 Å². The maximum atomic E-state index is 12.3. The number of ether oxygens (including phenoxy) is 3. The van der Waals surface area contributed by atoms with E-state index >= 15 is 0 Å². The fourth-order valence-electron chi connectivity index (χ4n) is 5.64. The van der Waals surface area contributed by atoms with Gasteiger partial charge in [-0.15, -0.1) is 0 Å². The third kappa shape index (κ3) is 5.42. The van der Waals surface area contributed by atoms with Crippen molar-refractivity contribution in [1.82, 2.24) is 20.0 Å². The number of carbonyl (C=O) groups is 1. The minimum Gasteiger partial charge on any atom is -0.454 e. The molecule has 3 aliphatic rings. The summed E-state index contributed by atoms with van der Waals surface area (Å²) < 4.78 is 18.8. The molecule has 1 unspecified atom stereocenters. The number of carbonyl (C=O) groups excluding carboxylic acids is 1. The van der Waals surface area contributed by atoms with Crippen molar-refractivity contribution in [2.24, 2.45) is 13.0 Å². The first-order chi connectivity index (χ1) is 18.6. The van der Waals surface area contributed by atoms with E-state index in [1.807, 2.05) is 0 Å². The molecule has 1 amide bonds. The third-order valence-corrected chi connectivity index (χ3v) is 7.84. The third-order valence-electron chi connectivity index (χ3n) is 7.84. The van der Waals surface area contributed by atoms with Gasteiger partial charge >= 0.3 is 0 Å². The molecule has 0 radical (unpaired) electrons. The van der Waals surface area contributed by atoms with Crippen molar-refractivity contribution in [2.75, 3.05) is 31.4 Å². The summed E-state index contributed by atoms with van der Waals surface area (Å²) in [6.45, 7) is 2.81. The summed E-state index contributed by atoms with van der Waals surface area (Å²) in [6.07, 6.45) is 13.5. The van der Waals surface area contributed by atoms with E-state index in [0.717, 1.165) is 69.5 Å². The van der Waals surface area contributed by atoms with Crippen LogP contribution >= 0.6 is 0 Å². The molecule has 5 heterocycles. The van der Waals surface area contributed by atoms with Crippen LogP contribution in [0.5, 0.6) is 11.5 Å². The maximum absolute atomic E-state index is 12.3. The molecule has 1 aromatic carbocycles. The summed E-state index contributed by atoms with van der Waals surface area (Å²) in [5, 5.41) is 1.26. The van der Waals surface area contributed by atoms with Gasteiger partial charge in [0.25, 0.3) is 5.91 Å². The number of fused-ring (bicyclic) bond motifs is 2. The average Bonchev–Trinajstić information content (AvgIpc) is 3.55. The molecule has 0 aliphatic carbocycles. The molecule has 1 atom stereocenters. The minimum absolute atomic E-state index is 0.301. The molecule has 3 aromatic rings. The van der Waals surface area contributed by atoms with Gasteiger partial charge in [-0.1, -0.05) is 0 Å². The Bertz CT molecular complexity index is 1260. The highest BCUT2D eigenvalue weighted by Gasteiger charge is 2.23. The highest BCUT2D eigenvalue weighted by Crippen LogP contribution is 2.38. The first-order valence-electron chi connectivity index (χ1n) is 13.7. The van der Waals surface area contributed by atoms with Crippen LogP contribution in [-0.4, -0.2) is 53.2 Å². The van der Waals surface area contributed by atoms with Gasteiger partial charge in [0.05, 0.1) is 11.1 Å². The van der Waals surface area contributed by atoms with Crippen LogP contribution in [0.4, 0.5) is 5.95 Å². The molecular weight excluding hydrogens is 486 g/mol. The zero-order valence-corrected chi connectivity index (χ0v) is 21.9. The molecule has 2 aromatic heterocycles. The van der Waals surface area contributed by atoms with Crippen LogP contribution in [0.2, 0.25) is 0 Å². The van der Waals surface area contributed by atoms with Gasteiger partial charge < -0.3 is 23.7 Å². The lowest BCUT2D eigenvalue weighted by Crippen LogP contribution is -2.35. The number of nitrogens with zero attached hydrogens (tertiary/aromatic N) is 4. The van der Waals surface area contributed by atoms with Gasteiger partial charge in [0.15, 0.2) is 17.8 Å². The number of rotatable bonds is 8. The SMILES string of the molecule is Cn1cc(CCCC2CCN(c3ncc(C(=O)NOC4CCCCO4)cn3)CC2)c2cc3c(cc21)OCO3. The molecule has 0 bridgehead atoms. The predicted octanol–water partition coefficient (Wildman–Crippen LogP) is 4.12. The monoisotopic (exact) mass is 521 g/mol. The van der Waals surface area contributed by atoms with Gasteiger partial charge in [-0.05, 0) is 62.5 Å². The van der Waals surface area contributed by atoms with Crippen LogP contribution < -0.4 is 19.9 Å². The number of hydrogen-bond donors (Lipinski definition) is 1. The number of hydrogen-bond acceptors (Lipinski definition) is 8. The zero-order valence-electron chi connectivity index (χ0n) is 21.9. The van der Waals surface area contributed by atoms with Crippen molar-refractivity contribution >= 4 is 22.8 Å². The van der Waals surface area contributed by atoms with Crippen LogP contribution in [0, 0.1) is 5.92 Å². The molecule has 2 saturated heterocycles. The molecule has 10 nitrogen and oxygen atoms in total. The van der Waals surface area contributed by atoms with E-state index in [9.17, 15) is 4.79 Å². The number of amides is 1. The van der Waals surface area contributed by atoms with E-state index < -0.39 is 0 Å². The summed E-state index contributed by atoms with van der Waals surface area (Å²) >= 11 is 0. The molecule has 202 valence electrons. The Hall–Kier alpha value is -3.37. The van der Waals surface area contributed by atoms with Crippen molar-refractivity contribution in [3.63, 3.8) is 0 Å². The minimum atomic E-state index is -0.383. The van der Waals surface area contributed by atoms with E-state index in [1.165, 1.54) is 22.9 Å². The largest absolute Gasteiger partial charge is 0.454 e. The first kappa shape index (κ1) is 24.9. The van der Waals surface area contributed by atoms with Crippen molar-refractivity contribution in [1.29, 1.82) is 0 Å². The van der Waals surface area contributed by atoms with Crippen LogP contribution in [0.25, 0.3) is 10.9 Å². The molecule has 38 heavy (non-hydrogen) atoms. The van der Waals surface area contributed by atoms with E-state index in [1.54, 1.807) is 12.4 Å². The molecule has 6 rings (SSSR count). The number of aryl methyl sites for hydroxylation is 2. The second-order valence-electron chi connectivity index (χ2n) is 10.4. The highest BCUT2D eigenvalue weighted by atomic mass is 16.8. The summed E-state index contributed by atoms with van der Waals surface area (Å²) in [5.74, 6) is 2.69. The Morgan fingerprint density at radius 3 is 2.66 bits per heavy atom. The van der Waals surface area contributed by atoms with Gasteiger partial charge in [0.2, 0.25) is 12.7 Å². The van der Waals surface area contributed by atoms with Crippen LogP contribution in [0.3, 0.4) is 0 Å². The van der Waals surface area contributed by atoms with E-state index in [-0.39, 0.29) is 12.2 Å². The standard InChI is InChI=1S/C28H35N5O5/c1-32-17-20(22-13-24-25(14-23(22)32)37-18-36-24)6-4-5-19-8-10-33(11-9-19)28-29-15-21(16-30-28)27(34)31-38-26-7-2-3-12-35-26/h13-17,19,26H,2-12,18H2,1H3,(H,31,34). The lowest BCUT2D eigenvalue weighted by Gasteiger charge is -2.32. The van der Waals surface area contributed by atoms with E-state index in [0.29, 0.717) is 30.8 Å². The van der Waals surface area contributed by atoms with Gasteiger partial charge in [0, 0.05) is 63.2 Å². The molecule has 3 aliphatic heterocycles. The van der Waals surface area contributed by atoms with Crippen molar-refractivity contribution in [3.05, 3.63) is 41.9 Å². The second kappa shape index (κ2) is 11.2. The predicted molar refractivity (Wildman–Crippen MR) is 141 cm³/mol. The first-order valence-corrected chi connectivity index (χ1v) is 13.7. The Morgan fingerprint density at radius 1 is 1.11 bits per heavy atom. The van der Waals surface area contributed by atoms with Crippen LogP contribution in [-0.2, 0) is 23.0 Å². The summed E-state index contributed by atoms with van der Waals surface area (Å²) in [4.78, 5) is 28.8. The summed E-state index contributed by atoms with van der Waals surface area (Å²) in [7, 11) is 2.09. The normalized spacial score (nSPS) is 19.7. The number of aromatic nitrogens is 3. The summed E-state index contributed by atoms with van der Waals surface area (Å²) in [6, 6.07) is 4.21. The Morgan fingerprint density at radius 2 is 1.89 bits per heavy atom. The van der Waals surface area contributed by atoms with Crippen LogP contribution in [0.1, 0.15) is 60.9 Å². The average molecular weight is 522 g/mol. The quantitative estimate of drug-likeness (QED) is 0.442. The van der Waals surface area contributed by atoms with E-state index in [4.69, 9.17) is 19.0 Å². The second-order valence-corrected chi connectivity index (χ2v) is 10.4. The van der Waals surface area contributed by atoms with Gasteiger partial charge in [0.1, 0.15) is 0 Å². The maximum Gasteiger partial charge on any atom is 0.278 e. The lowest BCUT2D eigenvalue weighted by molar-refractivity contribution is -0.186. The molecule has 10 heteroatoms. The Kier molecular flexibility index (Phi) is 7.33. The Balaban J connectivity index is 0.956. The highest BCUT2D eigenvalue weighted by molar-refractivity contribution is 5.92. The lowest BCUT2D eigenvalue weighted by atomic mass is 9.91. The zero-order chi connectivity index (χ0) is 25.9. The number of piperidine rings is 1. The van der Waals surface area contributed by atoms with Crippen molar-refractivity contribution < 1.29 is 23.8 Å². The van der Waals surface area contributed by atoms with Crippen LogP contribution in [0.15, 0.2) is 30.7 Å². The fourth-order valence-corrected chi connectivity index (χ4v) is 5.64. The molecule has 0 spiro atoms. The Labute approximate surface area is 222 Å². The van der Waals surface area contributed by atoms with Crippen molar-refractivity contribution in [2.45, 2.75) is 57.7 Å².